The molecular formula is C17H25N3O3. The minimum Gasteiger partial charge on any atom is -0.444 e. The summed E-state index contributed by atoms with van der Waals surface area (Å²) in [5.41, 5.74) is 1.10. The summed E-state index contributed by atoms with van der Waals surface area (Å²) >= 11 is 0. The maximum Gasteiger partial charge on any atom is 0.410 e. The summed E-state index contributed by atoms with van der Waals surface area (Å²) in [5.74, 6) is -0.0254. The molecule has 1 aliphatic heterocycles. The van der Waals surface area contributed by atoms with Crippen molar-refractivity contribution in [2.45, 2.75) is 39.8 Å². The van der Waals surface area contributed by atoms with Gasteiger partial charge in [-0.15, -0.1) is 0 Å². The average molecular weight is 319 g/mol. The number of piperazine rings is 1. The molecule has 0 atom stereocenters. The van der Waals surface area contributed by atoms with Crippen molar-refractivity contribution in [1.82, 2.24) is 14.8 Å². The van der Waals surface area contributed by atoms with Gasteiger partial charge in [0, 0.05) is 45.8 Å². The van der Waals surface area contributed by atoms with E-state index in [2.05, 4.69) is 9.88 Å². The number of ketones is 1. The molecule has 1 aromatic rings. The van der Waals surface area contributed by atoms with Crippen LogP contribution in [0.2, 0.25) is 0 Å². The van der Waals surface area contributed by atoms with Crippen molar-refractivity contribution in [3.05, 3.63) is 29.6 Å². The van der Waals surface area contributed by atoms with E-state index in [9.17, 15) is 9.59 Å². The Morgan fingerprint density at radius 2 is 1.83 bits per heavy atom. The van der Waals surface area contributed by atoms with Crippen LogP contribution in [0.25, 0.3) is 0 Å². The van der Waals surface area contributed by atoms with Crippen LogP contribution in [-0.2, 0) is 11.3 Å². The molecule has 0 aliphatic carbocycles. The summed E-state index contributed by atoms with van der Waals surface area (Å²) in [4.78, 5) is 31.4. The zero-order valence-electron chi connectivity index (χ0n) is 14.3. The van der Waals surface area contributed by atoms with Gasteiger partial charge in [-0.1, -0.05) is 6.07 Å². The average Bonchev–Trinajstić information content (AvgIpc) is 2.46. The molecule has 23 heavy (non-hydrogen) atoms. The van der Waals surface area contributed by atoms with Crippen molar-refractivity contribution in [1.29, 1.82) is 0 Å². The third-order valence-corrected chi connectivity index (χ3v) is 3.62. The summed E-state index contributed by atoms with van der Waals surface area (Å²) in [7, 11) is 0. The van der Waals surface area contributed by atoms with E-state index in [0.29, 0.717) is 18.8 Å². The van der Waals surface area contributed by atoms with Crippen LogP contribution >= 0.6 is 0 Å². The fraction of sp³-hybridized carbons (Fsp3) is 0.588. The molecule has 2 heterocycles. The van der Waals surface area contributed by atoms with Gasteiger partial charge < -0.3 is 9.64 Å². The Balaban J connectivity index is 1.82. The van der Waals surface area contributed by atoms with Crippen molar-refractivity contribution >= 4 is 11.9 Å². The Morgan fingerprint density at radius 3 is 2.30 bits per heavy atom. The molecule has 1 aromatic heterocycles. The van der Waals surface area contributed by atoms with Crippen LogP contribution in [0.15, 0.2) is 18.3 Å². The second-order valence-corrected chi connectivity index (χ2v) is 6.85. The predicted octanol–water partition coefficient (Wildman–Crippen LogP) is 2.34. The molecule has 1 aliphatic rings. The lowest BCUT2D eigenvalue weighted by molar-refractivity contribution is 0.0139. The Kier molecular flexibility index (Phi) is 5.36. The fourth-order valence-electron chi connectivity index (χ4n) is 2.40. The number of amides is 1. The van der Waals surface area contributed by atoms with Gasteiger partial charge in [0.15, 0.2) is 5.78 Å². The van der Waals surface area contributed by atoms with Crippen LogP contribution in [0.3, 0.4) is 0 Å². The van der Waals surface area contributed by atoms with Gasteiger partial charge in [0.2, 0.25) is 0 Å². The third-order valence-electron chi connectivity index (χ3n) is 3.62. The van der Waals surface area contributed by atoms with Crippen LogP contribution in [0.4, 0.5) is 4.79 Å². The van der Waals surface area contributed by atoms with Crippen molar-refractivity contribution in [3.8, 4) is 0 Å². The highest BCUT2D eigenvalue weighted by atomic mass is 16.6. The van der Waals surface area contributed by atoms with E-state index < -0.39 is 5.60 Å². The zero-order valence-corrected chi connectivity index (χ0v) is 14.3. The second kappa shape index (κ2) is 7.08. The van der Waals surface area contributed by atoms with Crippen molar-refractivity contribution in [3.63, 3.8) is 0 Å². The molecule has 6 heteroatoms. The highest BCUT2D eigenvalue weighted by Crippen LogP contribution is 2.13. The lowest BCUT2D eigenvalue weighted by Gasteiger charge is -2.35. The Bertz CT molecular complexity index is 555. The molecule has 6 nitrogen and oxygen atoms in total. The standard InChI is InChI=1S/C17H25N3O3/c1-13(21)15-6-5-14(11-18-15)12-19-7-9-20(10-8-19)16(22)23-17(2,3)4/h5-6,11H,7-10,12H2,1-4H3. The van der Waals surface area contributed by atoms with E-state index in [0.717, 1.165) is 25.2 Å². The van der Waals surface area contributed by atoms with Crippen molar-refractivity contribution < 1.29 is 14.3 Å². The van der Waals surface area contributed by atoms with Crippen molar-refractivity contribution in [2.75, 3.05) is 26.2 Å². The highest BCUT2D eigenvalue weighted by Gasteiger charge is 2.25. The van der Waals surface area contributed by atoms with E-state index in [-0.39, 0.29) is 11.9 Å². The van der Waals surface area contributed by atoms with E-state index in [4.69, 9.17) is 4.74 Å². The monoisotopic (exact) mass is 319 g/mol. The van der Waals surface area contributed by atoms with Gasteiger partial charge in [0.1, 0.15) is 11.3 Å². The summed E-state index contributed by atoms with van der Waals surface area (Å²) in [6, 6.07) is 3.69. The molecule has 0 saturated carbocycles. The third kappa shape index (κ3) is 5.32. The lowest BCUT2D eigenvalue weighted by Crippen LogP contribution is -2.49. The maximum absolute atomic E-state index is 12.0. The lowest BCUT2D eigenvalue weighted by atomic mass is 10.2. The number of carbonyl (C=O) groups excluding carboxylic acids is 2. The molecule has 0 N–H and O–H groups in total. The SMILES string of the molecule is CC(=O)c1ccc(CN2CCN(C(=O)OC(C)(C)C)CC2)cn1. The predicted molar refractivity (Wildman–Crippen MR) is 87.3 cm³/mol. The molecule has 1 fully saturated rings. The number of carbonyl (C=O) groups is 2. The summed E-state index contributed by atoms with van der Waals surface area (Å²) in [6.07, 6.45) is 1.50. The molecule has 0 spiro atoms. The highest BCUT2D eigenvalue weighted by molar-refractivity contribution is 5.91. The number of nitrogens with zero attached hydrogens (tertiary/aromatic N) is 3. The largest absolute Gasteiger partial charge is 0.444 e. The Labute approximate surface area is 137 Å². The first-order valence-corrected chi connectivity index (χ1v) is 7.91. The molecule has 0 bridgehead atoms. The van der Waals surface area contributed by atoms with E-state index in [1.165, 1.54) is 6.92 Å². The summed E-state index contributed by atoms with van der Waals surface area (Å²) in [5, 5.41) is 0. The number of aromatic nitrogens is 1. The van der Waals surface area contributed by atoms with Gasteiger partial charge in [0.05, 0.1) is 0 Å². The van der Waals surface area contributed by atoms with Crippen LogP contribution in [0, 0.1) is 0 Å². The van der Waals surface area contributed by atoms with Crippen LogP contribution < -0.4 is 0 Å². The molecule has 0 aromatic carbocycles. The Hall–Kier alpha value is -1.95. The van der Waals surface area contributed by atoms with Gasteiger partial charge in [0.25, 0.3) is 0 Å². The van der Waals surface area contributed by atoms with Crippen molar-refractivity contribution in [2.24, 2.45) is 0 Å². The minimum atomic E-state index is -0.460. The smallest absolute Gasteiger partial charge is 0.410 e. The molecule has 126 valence electrons. The molecule has 0 radical (unpaired) electrons. The number of pyridine rings is 1. The van der Waals surface area contributed by atoms with Gasteiger partial charge >= 0.3 is 6.09 Å². The topological polar surface area (TPSA) is 62.7 Å². The minimum absolute atomic E-state index is 0.0254. The van der Waals surface area contributed by atoms with Crippen LogP contribution in [0.1, 0.15) is 43.7 Å². The first kappa shape index (κ1) is 17.4. The molecular weight excluding hydrogens is 294 g/mol. The van der Waals surface area contributed by atoms with Gasteiger partial charge in [-0.3, -0.25) is 14.7 Å². The van der Waals surface area contributed by atoms with Gasteiger partial charge in [-0.05, 0) is 32.4 Å². The molecule has 0 unspecified atom stereocenters. The van der Waals surface area contributed by atoms with E-state index >= 15 is 0 Å². The molecule has 1 amide bonds. The number of hydrogen-bond donors (Lipinski definition) is 0. The first-order valence-electron chi connectivity index (χ1n) is 7.91. The second-order valence-electron chi connectivity index (χ2n) is 6.85. The molecule has 1 saturated heterocycles. The van der Waals surface area contributed by atoms with Crippen LogP contribution in [0.5, 0.6) is 0 Å². The maximum atomic E-state index is 12.0. The Morgan fingerprint density at radius 1 is 1.17 bits per heavy atom. The van der Waals surface area contributed by atoms with E-state index in [1.54, 1.807) is 17.2 Å². The first-order chi connectivity index (χ1) is 10.7. The quantitative estimate of drug-likeness (QED) is 0.800. The molecule has 2 rings (SSSR count). The number of ether oxygens (including phenoxy) is 1. The number of Topliss-reactive ketones (excluding diaryl/α,β-unsaturated/α-hetero) is 1. The summed E-state index contributed by atoms with van der Waals surface area (Å²) in [6.45, 7) is 10.8. The summed E-state index contributed by atoms with van der Waals surface area (Å²) < 4.78 is 5.39. The van der Waals surface area contributed by atoms with E-state index in [1.807, 2.05) is 26.8 Å². The van der Waals surface area contributed by atoms with Gasteiger partial charge in [-0.25, -0.2) is 4.79 Å². The van der Waals surface area contributed by atoms with Gasteiger partial charge in [-0.2, -0.15) is 0 Å². The number of rotatable bonds is 3. The van der Waals surface area contributed by atoms with Crippen LogP contribution in [-0.4, -0.2) is 58.4 Å². The normalized spacial score (nSPS) is 16.3. The zero-order chi connectivity index (χ0) is 17.0. The number of hydrogen-bond acceptors (Lipinski definition) is 5. The fourth-order valence-corrected chi connectivity index (χ4v) is 2.40.